The van der Waals surface area contributed by atoms with Gasteiger partial charge in [-0.2, -0.15) is 5.10 Å². The summed E-state index contributed by atoms with van der Waals surface area (Å²) in [5, 5.41) is 4.13. The Labute approximate surface area is 148 Å². The molecule has 3 rings (SSSR count). The Balaban J connectivity index is 1.57. The summed E-state index contributed by atoms with van der Waals surface area (Å²) in [6.45, 7) is 0.500. The highest BCUT2D eigenvalue weighted by Gasteiger charge is 2.20. The zero-order chi connectivity index (χ0) is 17.3. The number of para-hydroxylation sites is 1. The normalized spacial score (nSPS) is 15.2. The Kier molecular flexibility index (Phi) is 6.21. The summed E-state index contributed by atoms with van der Waals surface area (Å²) in [6, 6.07) is 17.7. The molecule has 0 radical (unpaired) electrons. The van der Waals surface area contributed by atoms with Crippen LogP contribution in [0.5, 0.6) is 5.75 Å². The monoisotopic (exact) mass is 336 g/mol. The number of benzene rings is 2. The maximum Gasteiger partial charge on any atom is 0.243 e. The molecule has 2 aromatic carbocycles. The van der Waals surface area contributed by atoms with E-state index in [0.29, 0.717) is 6.61 Å². The molecule has 0 atom stereocenters. The van der Waals surface area contributed by atoms with E-state index >= 15 is 0 Å². The van der Waals surface area contributed by atoms with Gasteiger partial charge in [-0.3, -0.25) is 4.79 Å². The molecule has 130 valence electrons. The van der Waals surface area contributed by atoms with E-state index in [9.17, 15) is 4.79 Å². The molecular formula is C21H24N2O2. The lowest BCUT2D eigenvalue weighted by atomic mass is 9.89. The van der Waals surface area contributed by atoms with Crippen molar-refractivity contribution in [2.24, 2.45) is 11.0 Å². The minimum atomic E-state index is 0.0265. The third kappa shape index (κ3) is 5.18. The predicted molar refractivity (Wildman–Crippen MR) is 99.5 cm³/mol. The molecule has 1 fully saturated rings. The van der Waals surface area contributed by atoms with Crippen molar-refractivity contribution in [1.82, 2.24) is 5.43 Å². The molecule has 1 saturated carbocycles. The molecule has 1 aliphatic rings. The standard InChI is InChI=1S/C21H24N2O2/c24-21(18-11-5-2-6-12-18)23-22-15-19-13-7-8-14-20(19)25-16-17-9-3-1-4-10-17/h1,3-4,7-10,13-15,18H,2,5-6,11-12,16H2,(H,23,24)/b22-15+. The first-order valence-corrected chi connectivity index (χ1v) is 8.91. The van der Waals surface area contributed by atoms with E-state index in [1.54, 1.807) is 6.21 Å². The third-order valence-electron chi connectivity index (χ3n) is 4.51. The van der Waals surface area contributed by atoms with Gasteiger partial charge in [-0.05, 0) is 30.5 Å². The van der Waals surface area contributed by atoms with E-state index in [1.807, 2.05) is 54.6 Å². The number of carbonyl (C=O) groups is 1. The maximum atomic E-state index is 12.1. The molecule has 4 heteroatoms. The van der Waals surface area contributed by atoms with Crippen LogP contribution in [0.25, 0.3) is 0 Å². The number of ether oxygens (including phenoxy) is 1. The molecule has 1 N–H and O–H groups in total. The molecule has 0 aliphatic heterocycles. The first kappa shape index (κ1) is 17.2. The number of amides is 1. The Bertz CT molecular complexity index is 707. The quantitative estimate of drug-likeness (QED) is 0.632. The average molecular weight is 336 g/mol. The van der Waals surface area contributed by atoms with Crippen LogP contribution in [0, 0.1) is 5.92 Å². The molecule has 0 aromatic heterocycles. The van der Waals surface area contributed by atoms with Crippen LogP contribution in [0.15, 0.2) is 59.7 Å². The third-order valence-corrected chi connectivity index (χ3v) is 4.51. The summed E-state index contributed by atoms with van der Waals surface area (Å²) < 4.78 is 5.89. The van der Waals surface area contributed by atoms with E-state index in [2.05, 4.69) is 10.5 Å². The van der Waals surface area contributed by atoms with E-state index in [-0.39, 0.29) is 11.8 Å². The smallest absolute Gasteiger partial charge is 0.243 e. The highest BCUT2D eigenvalue weighted by molar-refractivity contribution is 5.85. The van der Waals surface area contributed by atoms with Crippen molar-refractivity contribution in [3.05, 3.63) is 65.7 Å². The van der Waals surface area contributed by atoms with Crippen molar-refractivity contribution >= 4 is 12.1 Å². The van der Waals surface area contributed by atoms with Crippen molar-refractivity contribution < 1.29 is 9.53 Å². The molecule has 0 bridgehead atoms. The number of hydrazone groups is 1. The largest absolute Gasteiger partial charge is 0.488 e. The van der Waals surface area contributed by atoms with Crippen LogP contribution in [0.3, 0.4) is 0 Å². The molecule has 0 spiro atoms. The lowest BCUT2D eigenvalue weighted by Gasteiger charge is -2.19. The van der Waals surface area contributed by atoms with Gasteiger partial charge in [0.05, 0.1) is 6.21 Å². The van der Waals surface area contributed by atoms with Crippen molar-refractivity contribution in [2.75, 3.05) is 0 Å². The van der Waals surface area contributed by atoms with Crippen LogP contribution in [0.1, 0.15) is 43.2 Å². The molecule has 1 amide bonds. The van der Waals surface area contributed by atoms with Gasteiger partial charge in [0, 0.05) is 11.5 Å². The Morgan fingerprint density at radius 1 is 1.04 bits per heavy atom. The molecule has 0 heterocycles. The Morgan fingerprint density at radius 2 is 1.76 bits per heavy atom. The van der Waals surface area contributed by atoms with Gasteiger partial charge < -0.3 is 4.74 Å². The first-order chi connectivity index (χ1) is 12.3. The molecular weight excluding hydrogens is 312 g/mol. The zero-order valence-corrected chi connectivity index (χ0v) is 14.4. The highest BCUT2D eigenvalue weighted by atomic mass is 16.5. The van der Waals surface area contributed by atoms with Crippen LogP contribution in [-0.4, -0.2) is 12.1 Å². The fourth-order valence-electron chi connectivity index (χ4n) is 3.08. The number of hydrogen-bond acceptors (Lipinski definition) is 3. The van der Waals surface area contributed by atoms with Gasteiger partial charge >= 0.3 is 0 Å². The lowest BCUT2D eigenvalue weighted by Crippen LogP contribution is -2.28. The van der Waals surface area contributed by atoms with E-state index in [1.165, 1.54) is 6.42 Å². The topological polar surface area (TPSA) is 50.7 Å². The second-order valence-corrected chi connectivity index (χ2v) is 6.38. The predicted octanol–water partition coefficient (Wildman–Crippen LogP) is 4.30. The van der Waals surface area contributed by atoms with Gasteiger partial charge in [-0.15, -0.1) is 0 Å². The molecule has 2 aromatic rings. The number of nitrogens with zero attached hydrogens (tertiary/aromatic N) is 1. The molecule has 25 heavy (non-hydrogen) atoms. The summed E-state index contributed by atoms with van der Waals surface area (Å²) >= 11 is 0. The van der Waals surface area contributed by atoms with E-state index < -0.39 is 0 Å². The molecule has 0 saturated heterocycles. The number of carbonyl (C=O) groups excluding carboxylic acids is 1. The summed E-state index contributed by atoms with van der Waals surface area (Å²) in [4.78, 5) is 12.1. The summed E-state index contributed by atoms with van der Waals surface area (Å²) in [5.74, 6) is 0.885. The second kappa shape index (κ2) is 9.02. The average Bonchev–Trinajstić information content (AvgIpc) is 2.68. The zero-order valence-electron chi connectivity index (χ0n) is 14.4. The van der Waals surface area contributed by atoms with Gasteiger partial charge in [0.15, 0.2) is 0 Å². The van der Waals surface area contributed by atoms with Gasteiger partial charge in [0.25, 0.3) is 0 Å². The SMILES string of the molecule is O=C(N/N=C/c1ccccc1OCc1ccccc1)C1CCCCC1. The van der Waals surface area contributed by atoms with Crippen molar-refractivity contribution in [2.45, 2.75) is 38.7 Å². The van der Waals surface area contributed by atoms with Gasteiger partial charge in [-0.1, -0.05) is 61.7 Å². The summed E-state index contributed by atoms with van der Waals surface area (Å²) in [7, 11) is 0. The Hall–Kier alpha value is -2.62. The van der Waals surface area contributed by atoms with Crippen molar-refractivity contribution in [3.8, 4) is 5.75 Å². The van der Waals surface area contributed by atoms with Crippen molar-refractivity contribution in [3.63, 3.8) is 0 Å². The number of hydrogen-bond donors (Lipinski definition) is 1. The minimum absolute atomic E-state index is 0.0265. The summed E-state index contributed by atoms with van der Waals surface area (Å²) in [5.41, 5.74) is 4.64. The molecule has 0 unspecified atom stereocenters. The van der Waals surface area contributed by atoms with E-state index in [4.69, 9.17) is 4.74 Å². The van der Waals surface area contributed by atoms with Crippen LogP contribution < -0.4 is 10.2 Å². The second-order valence-electron chi connectivity index (χ2n) is 6.38. The molecule has 4 nitrogen and oxygen atoms in total. The van der Waals surface area contributed by atoms with Gasteiger partial charge in [-0.25, -0.2) is 5.43 Å². The van der Waals surface area contributed by atoms with Gasteiger partial charge in [0.2, 0.25) is 5.91 Å². The van der Waals surface area contributed by atoms with Crippen LogP contribution in [-0.2, 0) is 11.4 Å². The fourth-order valence-corrected chi connectivity index (χ4v) is 3.08. The maximum absolute atomic E-state index is 12.1. The van der Waals surface area contributed by atoms with Crippen LogP contribution >= 0.6 is 0 Å². The molecule has 1 aliphatic carbocycles. The number of nitrogens with one attached hydrogen (secondary N) is 1. The fraction of sp³-hybridized carbons (Fsp3) is 0.333. The van der Waals surface area contributed by atoms with Crippen molar-refractivity contribution in [1.29, 1.82) is 0 Å². The Morgan fingerprint density at radius 3 is 2.56 bits per heavy atom. The van der Waals surface area contributed by atoms with Gasteiger partial charge in [0.1, 0.15) is 12.4 Å². The lowest BCUT2D eigenvalue weighted by molar-refractivity contribution is -0.125. The van der Waals surface area contributed by atoms with E-state index in [0.717, 1.165) is 42.6 Å². The van der Waals surface area contributed by atoms with Crippen LogP contribution in [0.4, 0.5) is 0 Å². The summed E-state index contributed by atoms with van der Waals surface area (Å²) in [6.07, 6.45) is 7.10. The first-order valence-electron chi connectivity index (χ1n) is 8.91. The minimum Gasteiger partial charge on any atom is -0.488 e. The number of rotatable bonds is 6. The highest BCUT2D eigenvalue weighted by Crippen LogP contribution is 2.23. The van der Waals surface area contributed by atoms with Crippen LogP contribution in [0.2, 0.25) is 0 Å².